The number of hydrogen-bond acceptors (Lipinski definition) is 3. The zero-order chi connectivity index (χ0) is 14.9. The van der Waals surface area contributed by atoms with Gasteiger partial charge in [0.2, 0.25) is 5.78 Å². The van der Waals surface area contributed by atoms with Crippen molar-refractivity contribution < 1.29 is 13.2 Å². The zero-order valence-electron chi connectivity index (χ0n) is 10.3. The second-order valence-electron chi connectivity index (χ2n) is 4.03. The Kier molecular flexibility index (Phi) is 4.13. The van der Waals surface area contributed by atoms with E-state index in [2.05, 4.69) is 4.40 Å². The minimum atomic E-state index is -3.88. The molecule has 1 aliphatic carbocycles. The van der Waals surface area contributed by atoms with Gasteiger partial charge >= 0.3 is 0 Å². The van der Waals surface area contributed by atoms with E-state index in [1.807, 2.05) is 0 Å². The van der Waals surface area contributed by atoms with Crippen molar-refractivity contribution >= 4 is 44.7 Å². The number of nitrogens with zero attached hydrogens (tertiary/aromatic N) is 1. The number of sulfonamides is 1. The van der Waals surface area contributed by atoms with Gasteiger partial charge in [0.1, 0.15) is 0 Å². The van der Waals surface area contributed by atoms with E-state index < -0.39 is 15.8 Å². The van der Waals surface area contributed by atoms with Crippen LogP contribution in [0.4, 0.5) is 0 Å². The highest BCUT2D eigenvalue weighted by molar-refractivity contribution is 7.90. The Morgan fingerprint density at radius 2 is 1.70 bits per heavy atom. The van der Waals surface area contributed by atoms with Gasteiger partial charge in [-0.25, -0.2) is 0 Å². The molecule has 0 fully saturated rings. The molecule has 104 valence electrons. The van der Waals surface area contributed by atoms with Gasteiger partial charge in [-0.2, -0.15) is 12.8 Å². The van der Waals surface area contributed by atoms with E-state index in [0.29, 0.717) is 0 Å². The molecule has 0 bridgehead atoms. The summed E-state index contributed by atoms with van der Waals surface area (Å²) in [5.41, 5.74) is 0.337. The highest BCUT2D eigenvalue weighted by Gasteiger charge is 2.24. The van der Waals surface area contributed by atoms with E-state index in [4.69, 9.17) is 23.2 Å². The average molecular weight is 330 g/mol. The standard InChI is InChI=1S/C13H9Cl2NO3S/c1-8-11(7-10(14)13(17)12(8)15)16-20(18,19)9-5-3-2-4-6-9/h2-7H,1H3. The molecule has 0 aromatic heterocycles. The smallest absolute Gasteiger partial charge is 0.282 e. The SMILES string of the molecule is CC1=C(Cl)C(=O)C(Cl)=CC1=NS(=O)(=O)c1ccccc1. The topological polar surface area (TPSA) is 63.6 Å². The van der Waals surface area contributed by atoms with Crippen LogP contribution in [-0.4, -0.2) is 19.9 Å². The Morgan fingerprint density at radius 3 is 2.30 bits per heavy atom. The van der Waals surface area contributed by atoms with Crippen LogP contribution in [0.15, 0.2) is 61.3 Å². The minimum Gasteiger partial charge on any atom is -0.287 e. The van der Waals surface area contributed by atoms with Gasteiger partial charge in [0, 0.05) is 0 Å². The summed E-state index contributed by atoms with van der Waals surface area (Å²) in [6.07, 6.45) is 1.20. The van der Waals surface area contributed by atoms with E-state index in [0.717, 1.165) is 0 Å². The molecule has 20 heavy (non-hydrogen) atoms. The van der Waals surface area contributed by atoms with Crippen molar-refractivity contribution in [2.75, 3.05) is 0 Å². The van der Waals surface area contributed by atoms with Crippen molar-refractivity contribution in [1.29, 1.82) is 0 Å². The number of ketones is 1. The Balaban J connectivity index is 2.54. The molecular formula is C13H9Cl2NO3S. The maximum absolute atomic E-state index is 12.1. The van der Waals surface area contributed by atoms with Gasteiger partial charge in [-0.15, -0.1) is 0 Å². The van der Waals surface area contributed by atoms with Crippen LogP contribution in [0, 0.1) is 0 Å². The first kappa shape index (κ1) is 15.0. The summed E-state index contributed by atoms with van der Waals surface area (Å²) in [4.78, 5) is 11.6. The summed E-state index contributed by atoms with van der Waals surface area (Å²) in [6, 6.07) is 7.74. The summed E-state index contributed by atoms with van der Waals surface area (Å²) in [6.45, 7) is 1.51. The van der Waals surface area contributed by atoms with E-state index in [1.165, 1.54) is 25.1 Å². The van der Waals surface area contributed by atoms with Crippen molar-refractivity contribution in [2.45, 2.75) is 11.8 Å². The van der Waals surface area contributed by atoms with Crippen LogP contribution in [0.5, 0.6) is 0 Å². The highest BCUT2D eigenvalue weighted by atomic mass is 35.5. The second kappa shape index (κ2) is 5.52. The number of Topliss-reactive ketones (excluding diaryl/α,β-unsaturated/α-hetero) is 1. The van der Waals surface area contributed by atoms with E-state index in [1.54, 1.807) is 18.2 Å². The maximum atomic E-state index is 12.1. The third kappa shape index (κ3) is 2.85. The monoisotopic (exact) mass is 329 g/mol. The van der Waals surface area contributed by atoms with Gasteiger partial charge < -0.3 is 0 Å². The summed E-state index contributed by atoms with van der Waals surface area (Å²) in [5.74, 6) is -0.540. The fourth-order valence-corrected chi connectivity index (χ4v) is 3.05. The van der Waals surface area contributed by atoms with Crippen LogP contribution in [0.1, 0.15) is 6.92 Å². The number of carbonyl (C=O) groups excluding carboxylic acids is 1. The fraction of sp³-hybridized carbons (Fsp3) is 0.0769. The lowest BCUT2D eigenvalue weighted by Crippen LogP contribution is -2.14. The largest absolute Gasteiger partial charge is 0.287 e. The quantitative estimate of drug-likeness (QED) is 0.783. The molecule has 1 aromatic rings. The predicted octanol–water partition coefficient (Wildman–Crippen LogP) is 3.03. The van der Waals surface area contributed by atoms with Crippen molar-refractivity contribution in [2.24, 2.45) is 4.40 Å². The predicted molar refractivity (Wildman–Crippen MR) is 78.6 cm³/mol. The molecule has 0 radical (unpaired) electrons. The lowest BCUT2D eigenvalue weighted by Gasteiger charge is -2.11. The van der Waals surface area contributed by atoms with Crippen LogP contribution in [-0.2, 0) is 14.8 Å². The Morgan fingerprint density at radius 1 is 1.10 bits per heavy atom. The molecule has 0 unspecified atom stereocenters. The van der Waals surface area contributed by atoms with E-state index in [9.17, 15) is 13.2 Å². The average Bonchev–Trinajstić information content (AvgIpc) is 2.43. The number of benzene rings is 1. The number of halogens is 2. The highest BCUT2D eigenvalue weighted by Crippen LogP contribution is 2.26. The molecule has 4 nitrogen and oxygen atoms in total. The van der Waals surface area contributed by atoms with Gasteiger partial charge in [0.15, 0.2) is 0 Å². The van der Waals surface area contributed by atoms with E-state index in [-0.39, 0.29) is 26.2 Å². The molecule has 1 aromatic carbocycles. The van der Waals surface area contributed by atoms with Crippen molar-refractivity contribution in [3.63, 3.8) is 0 Å². The van der Waals surface area contributed by atoms with Crippen molar-refractivity contribution in [3.8, 4) is 0 Å². The summed E-state index contributed by atoms with van der Waals surface area (Å²) < 4.78 is 27.9. The molecule has 0 spiro atoms. The molecule has 0 saturated heterocycles. The summed E-state index contributed by atoms with van der Waals surface area (Å²) in [7, 11) is -3.88. The van der Waals surface area contributed by atoms with Gasteiger partial charge in [-0.05, 0) is 30.7 Å². The molecule has 0 amide bonds. The Hall–Kier alpha value is -1.43. The number of carbonyl (C=O) groups is 1. The Bertz CT molecular complexity index is 762. The van der Waals surface area contributed by atoms with E-state index >= 15 is 0 Å². The third-order valence-electron chi connectivity index (χ3n) is 2.65. The van der Waals surface area contributed by atoms with Crippen LogP contribution < -0.4 is 0 Å². The second-order valence-corrected chi connectivity index (χ2v) is 6.41. The molecule has 0 saturated carbocycles. The number of hydrogen-bond donors (Lipinski definition) is 0. The van der Waals surface area contributed by atoms with Gasteiger partial charge in [-0.3, -0.25) is 4.79 Å². The molecule has 1 aliphatic rings. The van der Waals surface area contributed by atoms with Crippen molar-refractivity contribution in [3.05, 3.63) is 52.0 Å². The first-order valence-electron chi connectivity index (χ1n) is 5.51. The molecule has 0 heterocycles. The van der Waals surface area contributed by atoms with Gasteiger partial charge in [0.05, 0.1) is 20.7 Å². The van der Waals surface area contributed by atoms with Crippen LogP contribution >= 0.6 is 23.2 Å². The lowest BCUT2D eigenvalue weighted by molar-refractivity contribution is -0.111. The zero-order valence-corrected chi connectivity index (χ0v) is 12.6. The molecule has 0 N–H and O–H groups in total. The maximum Gasteiger partial charge on any atom is 0.282 e. The fourth-order valence-electron chi connectivity index (χ4n) is 1.55. The minimum absolute atomic E-state index is 0.0536. The molecular weight excluding hydrogens is 321 g/mol. The van der Waals surface area contributed by atoms with Crippen LogP contribution in [0.25, 0.3) is 0 Å². The van der Waals surface area contributed by atoms with Crippen molar-refractivity contribution in [1.82, 2.24) is 0 Å². The first-order valence-corrected chi connectivity index (χ1v) is 7.71. The molecule has 7 heteroatoms. The van der Waals surface area contributed by atoms with Gasteiger partial charge in [-0.1, -0.05) is 41.4 Å². The molecule has 0 aliphatic heterocycles. The molecule has 2 rings (SSSR count). The summed E-state index contributed by atoms with van der Waals surface area (Å²) in [5, 5.41) is -0.290. The Labute approximate surface area is 126 Å². The van der Waals surface area contributed by atoms with Gasteiger partial charge in [0.25, 0.3) is 10.0 Å². The van der Waals surface area contributed by atoms with Crippen LogP contribution in [0.3, 0.4) is 0 Å². The third-order valence-corrected chi connectivity index (χ3v) is 4.69. The summed E-state index contributed by atoms with van der Waals surface area (Å²) >= 11 is 11.5. The lowest BCUT2D eigenvalue weighted by atomic mass is 10.0. The molecule has 0 atom stereocenters. The van der Waals surface area contributed by atoms with Crippen LogP contribution in [0.2, 0.25) is 0 Å². The first-order chi connectivity index (χ1) is 9.33. The number of allylic oxidation sites excluding steroid dienone is 4. The number of rotatable bonds is 2. The normalized spacial score (nSPS) is 18.4.